The molecule has 1 atom stereocenters. The van der Waals surface area contributed by atoms with Gasteiger partial charge in [0.2, 0.25) is 0 Å². The van der Waals surface area contributed by atoms with Gasteiger partial charge in [-0.25, -0.2) is 8.42 Å². The van der Waals surface area contributed by atoms with Crippen LogP contribution in [-0.4, -0.2) is 38.8 Å². The summed E-state index contributed by atoms with van der Waals surface area (Å²) in [7, 11) is -3.28. The molecule has 2 rings (SSSR count). The molecule has 1 aliphatic rings. The van der Waals surface area contributed by atoms with Gasteiger partial charge in [0.15, 0.2) is 9.84 Å². The summed E-state index contributed by atoms with van der Waals surface area (Å²) in [5.74, 6) is -0.720. The molecule has 5 nitrogen and oxygen atoms in total. The zero-order chi connectivity index (χ0) is 14.8. The van der Waals surface area contributed by atoms with E-state index in [2.05, 4.69) is 0 Å². The Balaban J connectivity index is 2.25. The molecular weight excluding hydrogens is 278 g/mol. The van der Waals surface area contributed by atoms with Crippen LogP contribution in [0.15, 0.2) is 29.2 Å². The monoisotopic (exact) mass is 297 g/mol. The standard InChI is InChI=1S/C14H19NO4S/c1-20(18,19)13-7-3-2-6-12(13)15-8-4-5-11(10-15)9-14(16)17/h2-3,6-7,11H,4-5,8-10H2,1H3,(H,16,17). The van der Waals surface area contributed by atoms with Crippen LogP contribution >= 0.6 is 0 Å². The number of carbonyl (C=O) groups is 1. The van der Waals surface area contributed by atoms with Crippen LogP contribution in [0.2, 0.25) is 0 Å². The lowest BCUT2D eigenvalue weighted by molar-refractivity contribution is -0.138. The van der Waals surface area contributed by atoms with Gasteiger partial charge in [-0.3, -0.25) is 4.79 Å². The fourth-order valence-electron chi connectivity index (χ4n) is 2.73. The van der Waals surface area contributed by atoms with Crippen molar-refractivity contribution >= 4 is 21.5 Å². The van der Waals surface area contributed by atoms with Crippen LogP contribution in [0.1, 0.15) is 19.3 Å². The molecule has 0 spiro atoms. The van der Waals surface area contributed by atoms with Crippen molar-refractivity contribution in [2.24, 2.45) is 5.92 Å². The van der Waals surface area contributed by atoms with E-state index >= 15 is 0 Å². The average molecular weight is 297 g/mol. The zero-order valence-electron chi connectivity index (χ0n) is 11.4. The first-order chi connectivity index (χ1) is 9.38. The largest absolute Gasteiger partial charge is 0.481 e. The molecule has 0 amide bonds. The first-order valence-corrected chi connectivity index (χ1v) is 8.53. The number of carboxylic acids is 1. The van der Waals surface area contributed by atoms with Gasteiger partial charge in [0, 0.05) is 25.8 Å². The van der Waals surface area contributed by atoms with Crippen molar-refractivity contribution in [2.45, 2.75) is 24.2 Å². The molecular formula is C14H19NO4S. The normalized spacial score (nSPS) is 19.9. The van der Waals surface area contributed by atoms with E-state index in [4.69, 9.17) is 5.11 Å². The van der Waals surface area contributed by atoms with Crippen molar-refractivity contribution in [1.82, 2.24) is 0 Å². The summed E-state index contributed by atoms with van der Waals surface area (Å²) in [5.41, 5.74) is 0.685. The molecule has 0 aliphatic carbocycles. The van der Waals surface area contributed by atoms with Crippen molar-refractivity contribution in [3.05, 3.63) is 24.3 Å². The van der Waals surface area contributed by atoms with E-state index in [1.165, 1.54) is 6.26 Å². The lowest BCUT2D eigenvalue weighted by atomic mass is 9.94. The third-order valence-electron chi connectivity index (χ3n) is 3.59. The van der Waals surface area contributed by atoms with Gasteiger partial charge >= 0.3 is 5.97 Å². The van der Waals surface area contributed by atoms with E-state index in [9.17, 15) is 13.2 Å². The number of carboxylic acid groups (broad SMARTS) is 1. The van der Waals surface area contributed by atoms with Crippen molar-refractivity contribution in [3.8, 4) is 0 Å². The van der Waals surface area contributed by atoms with Crippen LogP contribution in [0.4, 0.5) is 5.69 Å². The Morgan fingerprint density at radius 1 is 1.40 bits per heavy atom. The second-order valence-corrected chi connectivity index (χ2v) is 7.28. The molecule has 1 fully saturated rings. The van der Waals surface area contributed by atoms with E-state index in [1.807, 2.05) is 11.0 Å². The molecule has 0 radical (unpaired) electrons. The molecule has 6 heteroatoms. The molecule has 1 unspecified atom stereocenters. The fourth-order valence-corrected chi connectivity index (χ4v) is 3.63. The number of hydrogen-bond acceptors (Lipinski definition) is 4. The molecule has 1 aromatic carbocycles. The van der Waals surface area contributed by atoms with Gasteiger partial charge in [-0.1, -0.05) is 12.1 Å². The summed E-state index contributed by atoms with van der Waals surface area (Å²) in [6.07, 6.45) is 3.10. The van der Waals surface area contributed by atoms with Crippen LogP contribution in [-0.2, 0) is 14.6 Å². The smallest absolute Gasteiger partial charge is 0.303 e. The van der Waals surface area contributed by atoms with Gasteiger partial charge < -0.3 is 10.0 Å². The number of piperidine rings is 1. The van der Waals surface area contributed by atoms with Crippen LogP contribution in [0.25, 0.3) is 0 Å². The molecule has 1 aromatic rings. The first kappa shape index (κ1) is 14.8. The van der Waals surface area contributed by atoms with Gasteiger partial charge in [0.05, 0.1) is 10.6 Å². The SMILES string of the molecule is CS(=O)(=O)c1ccccc1N1CCCC(CC(=O)O)C1. The summed E-state index contributed by atoms with van der Waals surface area (Å²) in [4.78, 5) is 13.1. The van der Waals surface area contributed by atoms with Crippen LogP contribution in [0.3, 0.4) is 0 Å². The maximum Gasteiger partial charge on any atom is 0.303 e. The Bertz CT molecular complexity index is 597. The number of sulfone groups is 1. The minimum Gasteiger partial charge on any atom is -0.481 e. The Kier molecular flexibility index (Phi) is 4.32. The maximum atomic E-state index is 11.8. The van der Waals surface area contributed by atoms with Gasteiger partial charge in [0.25, 0.3) is 0 Å². The Labute approximate surface area is 119 Å². The van der Waals surface area contributed by atoms with E-state index in [1.54, 1.807) is 18.2 Å². The second-order valence-electron chi connectivity index (χ2n) is 5.29. The molecule has 0 aromatic heterocycles. The molecule has 0 saturated carbocycles. The van der Waals surface area contributed by atoms with Crippen LogP contribution in [0, 0.1) is 5.92 Å². The van der Waals surface area contributed by atoms with E-state index in [0.29, 0.717) is 17.1 Å². The third-order valence-corrected chi connectivity index (χ3v) is 4.73. The van der Waals surface area contributed by atoms with Crippen molar-refractivity contribution in [2.75, 3.05) is 24.2 Å². The quantitative estimate of drug-likeness (QED) is 0.917. The predicted octanol–water partition coefficient (Wildman–Crippen LogP) is 1.78. The number of rotatable bonds is 4. The third kappa shape index (κ3) is 3.50. The lowest BCUT2D eigenvalue weighted by Crippen LogP contribution is -2.37. The van der Waals surface area contributed by atoms with Crippen LogP contribution in [0.5, 0.6) is 0 Å². The van der Waals surface area contributed by atoms with Gasteiger partial charge in [-0.2, -0.15) is 0 Å². The predicted molar refractivity (Wildman–Crippen MR) is 76.7 cm³/mol. The number of anilines is 1. The fraction of sp³-hybridized carbons (Fsp3) is 0.500. The summed E-state index contributed by atoms with van der Waals surface area (Å²) in [5, 5.41) is 8.89. The molecule has 0 bridgehead atoms. The summed E-state index contributed by atoms with van der Waals surface area (Å²) in [6.45, 7) is 1.36. The summed E-state index contributed by atoms with van der Waals surface area (Å²) < 4.78 is 23.7. The number of aliphatic carboxylic acids is 1. The lowest BCUT2D eigenvalue weighted by Gasteiger charge is -2.34. The van der Waals surface area contributed by atoms with E-state index in [-0.39, 0.29) is 12.3 Å². The van der Waals surface area contributed by atoms with Gasteiger partial charge in [-0.05, 0) is 30.9 Å². The molecule has 20 heavy (non-hydrogen) atoms. The second kappa shape index (κ2) is 5.83. The maximum absolute atomic E-state index is 11.8. The van der Waals surface area contributed by atoms with Crippen molar-refractivity contribution in [1.29, 1.82) is 0 Å². The van der Waals surface area contributed by atoms with E-state index in [0.717, 1.165) is 19.4 Å². The number of hydrogen-bond donors (Lipinski definition) is 1. The van der Waals surface area contributed by atoms with Crippen molar-refractivity contribution in [3.63, 3.8) is 0 Å². The molecule has 1 saturated heterocycles. The molecule has 1 aliphatic heterocycles. The van der Waals surface area contributed by atoms with E-state index < -0.39 is 15.8 Å². The Hall–Kier alpha value is -1.56. The summed E-state index contributed by atoms with van der Waals surface area (Å²) in [6, 6.07) is 6.91. The number of nitrogens with zero attached hydrogens (tertiary/aromatic N) is 1. The van der Waals surface area contributed by atoms with Crippen LogP contribution < -0.4 is 4.90 Å². The minimum absolute atomic E-state index is 0.0777. The minimum atomic E-state index is -3.28. The molecule has 1 N–H and O–H groups in total. The highest BCUT2D eigenvalue weighted by molar-refractivity contribution is 7.90. The summed E-state index contributed by atoms with van der Waals surface area (Å²) >= 11 is 0. The molecule has 1 heterocycles. The molecule has 110 valence electrons. The highest BCUT2D eigenvalue weighted by atomic mass is 32.2. The van der Waals surface area contributed by atoms with Gasteiger partial charge in [0.1, 0.15) is 0 Å². The number of benzene rings is 1. The Morgan fingerprint density at radius 2 is 2.10 bits per heavy atom. The highest BCUT2D eigenvalue weighted by Crippen LogP contribution is 2.30. The number of para-hydroxylation sites is 1. The average Bonchev–Trinajstić information content (AvgIpc) is 2.37. The van der Waals surface area contributed by atoms with Gasteiger partial charge in [-0.15, -0.1) is 0 Å². The van der Waals surface area contributed by atoms with Crippen molar-refractivity contribution < 1.29 is 18.3 Å². The zero-order valence-corrected chi connectivity index (χ0v) is 12.3. The Morgan fingerprint density at radius 3 is 2.75 bits per heavy atom. The highest BCUT2D eigenvalue weighted by Gasteiger charge is 2.25. The topological polar surface area (TPSA) is 74.7 Å². The first-order valence-electron chi connectivity index (χ1n) is 6.64.